The number of quaternary nitrogens is 1. The Balaban J connectivity index is 0.000000501. The number of likely N-dealkylation sites (N-methyl/N-ethyl adjacent to an activating group) is 1. The first-order valence-electron chi connectivity index (χ1n) is 12.1. The third-order valence-electron chi connectivity index (χ3n) is 6.75. The van der Waals surface area contributed by atoms with Gasteiger partial charge >= 0.3 is 0 Å². The lowest BCUT2D eigenvalue weighted by molar-refractivity contribution is -0.919. The normalized spacial score (nSPS) is 19.7. The fourth-order valence-electron chi connectivity index (χ4n) is 4.85. The van der Waals surface area contributed by atoms with Crippen LogP contribution in [-0.2, 0) is 10.1 Å². The van der Waals surface area contributed by atoms with Crippen molar-refractivity contribution >= 4 is 27.8 Å². The maximum atomic E-state index is 9.44. The van der Waals surface area contributed by atoms with E-state index in [1.54, 1.807) is 4.90 Å². The summed E-state index contributed by atoms with van der Waals surface area (Å²) in [7, 11) is -3.91. The van der Waals surface area contributed by atoms with Crippen molar-refractivity contribution in [2.45, 2.75) is 90.0 Å². The summed E-state index contributed by atoms with van der Waals surface area (Å²) in [6.07, 6.45) is 18.5. The van der Waals surface area contributed by atoms with Gasteiger partial charge in [0, 0.05) is 10.8 Å². The Morgan fingerprint density at radius 2 is 1.61 bits per heavy atom. The number of hydrogen-bond donors (Lipinski definition) is 1. The van der Waals surface area contributed by atoms with Crippen LogP contribution in [0.15, 0.2) is 24.3 Å². The molecule has 0 heterocycles. The second-order valence-corrected chi connectivity index (χ2v) is 11.0. The highest BCUT2D eigenvalue weighted by Gasteiger charge is 2.22. The summed E-state index contributed by atoms with van der Waals surface area (Å²) >= 11 is 6.61. The minimum Gasteiger partial charge on any atom is -0.748 e. The highest BCUT2D eigenvalue weighted by Crippen LogP contribution is 2.36. The monoisotopic (exact) mass is 469 g/mol. The molecule has 0 aliphatic heterocycles. The zero-order chi connectivity index (χ0) is 22.7. The van der Waals surface area contributed by atoms with Crippen molar-refractivity contribution < 1.29 is 17.9 Å². The summed E-state index contributed by atoms with van der Waals surface area (Å²) in [5, 5.41) is 0.973. The number of hydrogen-bond acceptors (Lipinski definition) is 3. The lowest BCUT2D eigenvalue weighted by Crippen LogP contribution is -3.15. The van der Waals surface area contributed by atoms with Crippen molar-refractivity contribution in [2.75, 3.05) is 18.8 Å². The Bertz CT molecular complexity index is 782. The van der Waals surface area contributed by atoms with Crippen molar-refractivity contribution in [3.05, 3.63) is 40.4 Å². The van der Waals surface area contributed by atoms with E-state index >= 15 is 0 Å². The van der Waals surface area contributed by atoms with Gasteiger partial charge in [-0.3, -0.25) is 0 Å². The zero-order valence-corrected chi connectivity index (χ0v) is 20.8. The van der Waals surface area contributed by atoms with Crippen LogP contribution in [-0.4, -0.2) is 37.9 Å². The van der Waals surface area contributed by atoms with Gasteiger partial charge in [0.15, 0.2) is 0 Å². The van der Waals surface area contributed by atoms with Gasteiger partial charge in [-0.15, -0.1) is 0 Å². The number of rotatable bonds is 7. The van der Waals surface area contributed by atoms with E-state index in [0.29, 0.717) is 5.92 Å². The predicted molar refractivity (Wildman–Crippen MR) is 130 cm³/mol. The van der Waals surface area contributed by atoms with Crippen LogP contribution < -0.4 is 4.90 Å². The van der Waals surface area contributed by atoms with Gasteiger partial charge in [0.25, 0.3) is 0 Å². The van der Waals surface area contributed by atoms with Crippen molar-refractivity contribution in [1.82, 2.24) is 0 Å². The predicted octanol–water partition coefficient (Wildman–Crippen LogP) is 5.19. The minimum atomic E-state index is -3.91. The van der Waals surface area contributed by atoms with E-state index < -0.39 is 10.1 Å². The third-order valence-corrected chi connectivity index (χ3v) is 7.78. The molecule has 3 rings (SSSR count). The molecule has 1 aromatic rings. The van der Waals surface area contributed by atoms with E-state index in [-0.39, 0.29) is 5.75 Å². The van der Waals surface area contributed by atoms with E-state index in [1.165, 1.54) is 88.8 Å². The van der Waals surface area contributed by atoms with Crippen molar-refractivity contribution in [1.29, 1.82) is 0 Å². The molecule has 1 unspecified atom stereocenters. The van der Waals surface area contributed by atoms with Crippen LogP contribution in [0.5, 0.6) is 0 Å². The first-order valence-corrected chi connectivity index (χ1v) is 14.0. The van der Waals surface area contributed by atoms with E-state index in [0.717, 1.165) is 17.6 Å². The first kappa shape index (κ1) is 26.4. The molecule has 2 aliphatic rings. The average molecular weight is 470 g/mol. The van der Waals surface area contributed by atoms with E-state index in [2.05, 4.69) is 37.3 Å². The molecule has 2 aliphatic carbocycles. The maximum absolute atomic E-state index is 9.44. The van der Waals surface area contributed by atoms with Crippen molar-refractivity contribution in [2.24, 2.45) is 0 Å². The Labute approximate surface area is 194 Å². The van der Waals surface area contributed by atoms with Crippen LogP contribution in [0.25, 0.3) is 6.08 Å². The molecule has 0 aromatic heterocycles. The molecule has 1 N–H and O–H groups in total. The Morgan fingerprint density at radius 1 is 1.03 bits per heavy atom. The van der Waals surface area contributed by atoms with Gasteiger partial charge in [0.1, 0.15) is 0 Å². The molecule has 31 heavy (non-hydrogen) atoms. The third kappa shape index (κ3) is 9.65. The molecule has 4 nitrogen and oxygen atoms in total. The molecule has 6 heteroatoms. The zero-order valence-electron chi connectivity index (χ0n) is 19.2. The molecule has 0 saturated heterocycles. The first-order chi connectivity index (χ1) is 14.8. The van der Waals surface area contributed by atoms with E-state index in [1.807, 2.05) is 0 Å². The minimum absolute atomic E-state index is 0.312. The summed E-state index contributed by atoms with van der Waals surface area (Å²) in [6, 6.07) is 7.59. The second-order valence-electron chi connectivity index (χ2n) is 8.92. The molecule has 0 spiro atoms. The lowest BCUT2D eigenvalue weighted by atomic mass is 9.84. The number of halogens is 1. The molecule has 0 bridgehead atoms. The van der Waals surface area contributed by atoms with Crippen LogP contribution in [0.2, 0.25) is 5.02 Å². The van der Waals surface area contributed by atoms with Gasteiger partial charge in [-0.25, -0.2) is 8.42 Å². The summed E-state index contributed by atoms with van der Waals surface area (Å²) in [5.41, 5.74) is 2.63. The largest absolute Gasteiger partial charge is 0.748 e. The van der Waals surface area contributed by atoms with Crippen molar-refractivity contribution in [3.8, 4) is 0 Å². The molecular formula is C25H40ClNO3S. The molecule has 176 valence electrons. The van der Waals surface area contributed by atoms with Crippen molar-refractivity contribution in [3.63, 3.8) is 0 Å². The van der Waals surface area contributed by atoms with Crippen LogP contribution in [0, 0.1) is 0 Å². The molecule has 2 saturated carbocycles. The summed E-state index contributed by atoms with van der Waals surface area (Å²) in [5.74, 6) is 0.373. The van der Waals surface area contributed by atoms with E-state index in [9.17, 15) is 13.0 Å². The van der Waals surface area contributed by atoms with E-state index in [4.69, 9.17) is 11.6 Å². The highest BCUT2D eigenvalue weighted by atomic mass is 35.5. The van der Waals surface area contributed by atoms with Crippen LogP contribution in [0.1, 0.15) is 95.1 Å². The summed E-state index contributed by atoms with van der Waals surface area (Å²) in [4.78, 5) is 1.75. The van der Waals surface area contributed by atoms with Crippen LogP contribution in [0.4, 0.5) is 0 Å². The fourth-order valence-corrected chi connectivity index (χ4v) is 5.19. The van der Waals surface area contributed by atoms with Crippen LogP contribution in [0.3, 0.4) is 0 Å². The Kier molecular flexibility index (Phi) is 11.6. The molecule has 0 amide bonds. The number of benzene rings is 1. The van der Waals surface area contributed by atoms with Gasteiger partial charge in [-0.05, 0) is 74.6 Å². The van der Waals surface area contributed by atoms with Gasteiger partial charge < -0.3 is 9.45 Å². The standard InChI is InChI=1S/C23H34ClN.C2H6O3S/c1-2-25(21-13-7-4-8-14-21)17-9-10-19-15-16-22(23(24)18-19)20-11-5-3-6-12-20;1-2-6(3,4)5/h9-10,15-16,18,20-21H,2-8,11-14,17H2,1H3;2H2,1H3,(H,3,4,5)/b10-9-;. The molecular weight excluding hydrogens is 430 g/mol. The lowest BCUT2D eigenvalue weighted by Gasteiger charge is -2.29. The molecule has 1 aromatic carbocycles. The number of nitrogens with one attached hydrogen (secondary N) is 1. The van der Waals surface area contributed by atoms with Gasteiger partial charge in [-0.1, -0.05) is 62.4 Å². The Hall–Kier alpha value is -0.880. The van der Waals surface area contributed by atoms with Crippen LogP contribution >= 0.6 is 11.6 Å². The quantitative estimate of drug-likeness (QED) is 0.559. The van der Waals surface area contributed by atoms with Gasteiger partial charge in [-0.2, -0.15) is 0 Å². The topological polar surface area (TPSA) is 61.6 Å². The maximum Gasteiger partial charge on any atom is 0.0963 e. The SMILES string of the molecule is CCS(=O)(=O)[O-].CC[NH+](C/C=C\c1ccc(C2CCCCC2)c(Cl)c1)C1CCCCC1. The smallest absolute Gasteiger partial charge is 0.0963 e. The average Bonchev–Trinajstić information content (AvgIpc) is 2.78. The Morgan fingerprint density at radius 3 is 2.13 bits per heavy atom. The molecule has 1 atom stereocenters. The van der Waals surface area contributed by atoms with Gasteiger partial charge in [0.2, 0.25) is 0 Å². The second kappa shape index (κ2) is 13.6. The molecule has 0 radical (unpaired) electrons. The fraction of sp³-hybridized carbons (Fsp3) is 0.680. The highest BCUT2D eigenvalue weighted by molar-refractivity contribution is 7.85. The van der Waals surface area contributed by atoms with Gasteiger partial charge in [0.05, 0.1) is 29.2 Å². The summed E-state index contributed by atoms with van der Waals surface area (Å²) < 4.78 is 28.3. The summed E-state index contributed by atoms with van der Waals surface area (Å²) in [6.45, 7) is 6.01. The molecule has 2 fully saturated rings.